The van der Waals surface area contributed by atoms with Crippen molar-refractivity contribution >= 4 is 47.2 Å². The molecule has 0 radical (unpaired) electrons. The second kappa shape index (κ2) is 9.79. The van der Waals surface area contributed by atoms with Gasteiger partial charge < -0.3 is 15.2 Å². The molecule has 2 unspecified atom stereocenters. The first kappa shape index (κ1) is 26.6. The molecule has 0 spiro atoms. The van der Waals surface area contributed by atoms with Gasteiger partial charge >= 0.3 is 0 Å². The Balaban J connectivity index is 1.15. The van der Waals surface area contributed by atoms with Crippen molar-refractivity contribution in [3.05, 3.63) is 64.6 Å². The highest BCUT2D eigenvalue weighted by molar-refractivity contribution is 7.70. The molecule has 2 aliphatic carbocycles. The van der Waals surface area contributed by atoms with E-state index in [-0.39, 0.29) is 5.02 Å². The van der Waals surface area contributed by atoms with E-state index in [1.165, 1.54) is 35.5 Å². The normalized spacial score (nSPS) is 24.0. The number of nitrogens with one attached hydrogen (secondary N) is 2. The standard InChI is InChI=1S/C28H30ClF3N5OP/c1-39(2,38)25-12-18(30)6-10-24(25)35-26-23(29)13-33-27(36-26)34-19-7-3-16-4-8-20(9-5-17(16)11-19)37-14-21-22(15-37)28(21,31)32/h3,6-7,10-13,20-22H,4-5,8-9,14-15H2,1-2H3,(H2,33,34,35,36)/t20-,21?,22?/m1/s1. The average Bonchev–Trinajstić information content (AvgIpc) is 3.18. The Kier molecular flexibility index (Phi) is 6.68. The Bertz CT molecular complexity index is 1470. The Morgan fingerprint density at radius 3 is 2.46 bits per heavy atom. The minimum absolute atomic E-state index is 0.267. The van der Waals surface area contributed by atoms with Crippen LogP contribution >= 0.6 is 18.7 Å². The molecule has 6 rings (SSSR count). The smallest absolute Gasteiger partial charge is 0.257 e. The van der Waals surface area contributed by atoms with E-state index in [9.17, 15) is 17.7 Å². The SMILES string of the molecule is CP(C)(=O)c1cc(F)ccc1Nc1nc(Nc2ccc3c(c2)CC[C@H](N2CC4C(C2)C4(F)F)CC3)ncc1Cl. The van der Waals surface area contributed by atoms with Crippen LogP contribution in [0.4, 0.5) is 36.3 Å². The summed E-state index contributed by atoms with van der Waals surface area (Å²) in [5, 5.41) is 6.97. The number of hydrogen-bond donors (Lipinski definition) is 2. The molecule has 2 N–H and O–H groups in total. The molecule has 3 aromatic rings. The number of hydrogen-bond acceptors (Lipinski definition) is 6. The summed E-state index contributed by atoms with van der Waals surface area (Å²) in [5.41, 5.74) is 3.82. The summed E-state index contributed by atoms with van der Waals surface area (Å²) >= 11 is 6.35. The molecule has 1 aliphatic heterocycles. The van der Waals surface area contributed by atoms with Crippen molar-refractivity contribution in [2.75, 3.05) is 37.1 Å². The summed E-state index contributed by atoms with van der Waals surface area (Å²) in [6.07, 6.45) is 5.21. The van der Waals surface area contributed by atoms with Crippen LogP contribution in [0.5, 0.6) is 0 Å². The number of fused-ring (bicyclic) bond motifs is 2. The molecule has 0 bridgehead atoms. The summed E-state index contributed by atoms with van der Waals surface area (Å²) < 4.78 is 53.9. The molecule has 0 amide bonds. The Hall–Kier alpha value is -2.61. The zero-order chi connectivity index (χ0) is 27.5. The minimum atomic E-state index is -2.78. The first-order valence-corrected chi connectivity index (χ1v) is 16.1. The van der Waals surface area contributed by atoms with Crippen LogP contribution in [0.15, 0.2) is 42.6 Å². The third-order valence-corrected chi connectivity index (χ3v) is 10.0. The topological polar surface area (TPSA) is 70.2 Å². The van der Waals surface area contributed by atoms with E-state index in [1.807, 2.05) is 6.07 Å². The summed E-state index contributed by atoms with van der Waals surface area (Å²) in [6, 6.07) is 10.6. The molecule has 3 aliphatic rings. The van der Waals surface area contributed by atoms with Gasteiger partial charge in [0.2, 0.25) is 5.95 Å². The molecule has 2 fully saturated rings. The summed E-state index contributed by atoms with van der Waals surface area (Å²) in [4.78, 5) is 11.1. The molecule has 11 heteroatoms. The van der Waals surface area contributed by atoms with Crippen LogP contribution in [0, 0.1) is 17.7 Å². The van der Waals surface area contributed by atoms with Gasteiger partial charge in [0.25, 0.3) is 5.92 Å². The van der Waals surface area contributed by atoms with E-state index >= 15 is 0 Å². The van der Waals surface area contributed by atoms with E-state index in [0.29, 0.717) is 41.9 Å². The van der Waals surface area contributed by atoms with E-state index in [1.54, 1.807) is 13.3 Å². The van der Waals surface area contributed by atoms with Gasteiger partial charge in [-0.25, -0.2) is 18.2 Å². The maximum Gasteiger partial charge on any atom is 0.257 e. The number of halogens is 4. The van der Waals surface area contributed by atoms with Crippen molar-refractivity contribution in [2.24, 2.45) is 11.8 Å². The van der Waals surface area contributed by atoms with Crippen molar-refractivity contribution in [3.63, 3.8) is 0 Å². The van der Waals surface area contributed by atoms with Crippen molar-refractivity contribution in [3.8, 4) is 0 Å². The molecule has 1 saturated heterocycles. The molecule has 1 aromatic heterocycles. The fraction of sp³-hybridized carbons (Fsp3) is 0.429. The van der Waals surface area contributed by atoms with Crippen LogP contribution in [0.1, 0.15) is 24.0 Å². The van der Waals surface area contributed by atoms with Crippen LogP contribution in [-0.4, -0.2) is 53.3 Å². The molecule has 206 valence electrons. The highest BCUT2D eigenvalue weighted by atomic mass is 35.5. The van der Waals surface area contributed by atoms with E-state index in [2.05, 4.69) is 37.6 Å². The summed E-state index contributed by atoms with van der Waals surface area (Å²) in [5.74, 6) is -3.17. The molecule has 1 saturated carbocycles. The first-order chi connectivity index (χ1) is 18.5. The second-order valence-corrected chi connectivity index (χ2v) is 14.8. The minimum Gasteiger partial charge on any atom is -0.338 e. The van der Waals surface area contributed by atoms with Crippen LogP contribution in [0.3, 0.4) is 0 Å². The first-order valence-electron chi connectivity index (χ1n) is 13.1. The van der Waals surface area contributed by atoms with Crippen LogP contribution in [0.2, 0.25) is 5.02 Å². The third kappa shape index (κ3) is 5.29. The molecule has 2 aromatic carbocycles. The Morgan fingerprint density at radius 1 is 1.03 bits per heavy atom. The van der Waals surface area contributed by atoms with Gasteiger partial charge in [-0.2, -0.15) is 4.98 Å². The van der Waals surface area contributed by atoms with Gasteiger partial charge in [0, 0.05) is 42.0 Å². The number of piperidine rings is 1. The summed E-state index contributed by atoms with van der Waals surface area (Å²) in [6.45, 7) is 4.19. The lowest BCUT2D eigenvalue weighted by atomic mass is 10.0. The highest BCUT2D eigenvalue weighted by Crippen LogP contribution is 2.59. The Labute approximate surface area is 230 Å². The van der Waals surface area contributed by atoms with Gasteiger partial charge in [0.1, 0.15) is 18.0 Å². The number of likely N-dealkylation sites (tertiary alicyclic amines) is 1. The zero-order valence-electron chi connectivity index (χ0n) is 21.7. The molecular formula is C28H30ClF3N5OP. The lowest BCUT2D eigenvalue weighted by Gasteiger charge is -2.28. The Morgan fingerprint density at radius 2 is 1.74 bits per heavy atom. The zero-order valence-corrected chi connectivity index (χ0v) is 23.4. The number of nitrogens with zero attached hydrogens (tertiary/aromatic N) is 3. The number of alkyl halides is 2. The van der Waals surface area contributed by atoms with Crippen LogP contribution < -0.4 is 15.9 Å². The number of anilines is 4. The van der Waals surface area contributed by atoms with Gasteiger partial charge in [-0.15, -0.1) is 0 Å². The third-order valence-electron chi connectivity index (χ3n) is 8.24. The quantitative estimate of drug-likeness (QED) is 0.260. The molecule has 6 nitrogen and oxygen atoms in total. The van der Waals surface area contributed by atoms with Crippen LogP contribution in [0.25, 0.3) is 0 Å². The monoisotopic (exact) mass is 575 g/mol. The maximum atomic E-state index is 13.9. The predicted molar refractivity (Wildman–Crippen MR) is 149 cm³/mol. The van der Waals surface area contributed by atoms with E-state index in [4.69, 9.17) is 11.6 Å². The average molecular weight is 576 g/mol. The molecular weight excluding hydrogens is 546 g/mol. The predicted octanol–water partition coefficient (Wildman–Crippen LogP) is 6.45. The lowest BCUT2D eigenvalue weighted by Crippen LogP contribution is -2.37. The van der Waals surface area contributed by atoms with Crippen molar-refractivity contribution in [1.82, 2.24) is 14.9 Å². The summed E-state index contributed by atoms with van der Waals surface area (Å²) in [7, 11) is -2.78. The van der Waals surface area contributed by atoms with Crippen molar-refractivity contribution < 1.29 is 17.7 Å². The number of aryl methyl sites for hydroxylation is 2. The highest BCUT2D eigenvalue weighted by Gasteiger charge is 2.71. The molecule has 39 heavy (non-hydrogen) atoms. The van der Waals surface area contributed by atoms with E-state index in [0.717, 1.165) is 31.4 Å². The number of rotatable bonds is 6. The fourth-order valence-electron chi connectivity index (χ4n) is 6.00. The van der Waals surface area contributed by atoms with E-state index < -0.39 is 30.7 Å². The van der Waals surface area contributed by atoms with Crippen molar-refractivity contribution in [1.29, 1.82) is 0 Å². The number of aromatic nitrogens is 2. The lowest BCUT2D eigenvalue weighted by molar-refractivity contribution is 0.0418. The fourth-order valence-corrected chi connectivity index (χ4v) is 7.28. The molecule has 3 atom stereocenters. The second-order valence-electron chi connectivity index (χ2n) is 11.2. The number of benzene rings is 2. The maximum absolute atomic E-state index is 13.9. The van der Waals surface area contributed by atoms with Crippen LogP contribution in [-0.2, 0) is 17.4 Å². The van der Waals surface area contributed by atoms with Gasteiger partial charge in [-0.3, -0.25) is 4.90 Å². The van der Waals surface area contributed by atoms with Crippen molar-refractivity contribution in [2.45, 2.75) is 37.6 Å². The van der Waals surface area contributed by atoms with Gasteiger partial charge in [0.15, 0.2) is 5.82 Å². The largest absolute Gasteiger partial charge is 0.338 e. The van der Waals surface area contributed by atoms with Gasteiger partial charge in [-0.1, -0.05) is 17.7 Å². The molecule has 2 heterocycles. The van der Waals surface area contributed by atoms with Gasteiger partial charge in [-0.05, 0) is 80.5 Å². The van der Waals surface area contributed by atoms with Gasteiger partial charge in [0.05, 0.1) is 11.9 Å².